The van der Waals surface area contributed by atoms with Crippen LogP contribution in [-0.4, -0.2) is 26.6 Å². The molecule has 0 unspecified atom stereocenters. The second-order valence-electron chi connectivity index (χ2n) is 4.05. The van der Waals surface area contributed by atoms with Gasteiger partial charge in [0.1, 0.15) is 11.5 Å². The Bertz CT molecular complexity index is 454. The number of rotatable bonds is 4. The van der Waals surface area contributed by atoms with E-state index in [9.17, 15) is 4.79 Å². The molecule has 0 N–H and O–H groups in total. The first-order chi connectivity index (χ1) is 8.74. The molecule has 0 spiro atoms. The number of methoxy groups -OCH3 is 2. The predicted octanol–water partition coefficient (Wildman–Crippen LogP) is 2.58. The van der Waals surface area contributed by atoms with Crippen molar-refractivity contribution in [3.8, 4) is 11.5 Å². The first kappa shape index (κ1) is 12.5. The van der Waals surface area contributed by atoms with Gasteiger partial charge in [-0.15, -0.1) is 0 Å². The zero-order valence-corrected chi connectivity index (χ0v) is 10.6. The van der Waals surface area contributed by atoms with Crippen molar-refractivity contribution in [2.24, 2.45) is 0 Å². The van der Waals surface area contributed by atoms with Crippen LogP contribution < -0.4 is 9.47 Å². The molecule has 96 valence electrons. The summed E-state index contributed by atoms with van der Waals surface area (Å²) in [6, 6.07) is 5.16. The zero-order valence-electron chi connectivity index (χ0n) is 10.6. The van der Waals surface area contributed by atoms with Crippen LogP contribution in [-0.2, 0) is 4.74 Å². The van der Waals surface area contributed by atoms with Crippen molar-refractivity contribution in [2.45, 2.75) is 12.8 Å². The summed E-state index contributed by atoms with van der Waals surface area (Å²) < 4.78 is 15.5. The SMILES string of the molecule is COc1cc(OC)cc(C(=O)C2=COCCC2)c1. The van der Waals surface area contributed by atoms with Gasteiger partial charge in [0.05, 0.1) is 27.1 Å². The van der Waals surface area contributed by atoms with Crippen molar-refractivity contribution in [1.29, 1.82) is 0 Å². The van der Waals surface area contributed by atoms with Crippen molar-refractivity contribution in [3.63, 3.8) is 0 Å². The summed E-state index contributed by atoms with van der Waals surface area (Å²) in [5, 5.41) is 0. The minimum atomic E-state index is -0.0353. The molecule has 0 saturated carbocycles. The van der Waals surface area contributed by atoms with E-state index in [4.69, 9.17) is 14.2 Å². The molecule has 1 aromatic carbocycles. The number of ether oxygens (including phenoxy) is 3. The summed E-state index contributed by atoms with van der Waals surface area (Å²) in [5.74, 6) is 1.18. The van der Waals surface area contributed by atoms with Crippen LogP contribution in [0, 0.1) is 0 Å². The van der Waals surface area contributed by atoms with Gasteiger partial charge in [0.15, 0.2) is 5.78 Å². The molecule has 4 nitrogen and oxygen atoms in total. The van der Waals surface area contributed by atoms with Crippen LogP contribution in [0.15, 0.2) is 30.0 Å². The Morgan fingerprint density at radius 2 is 1.83 bits per heavy atom. The summed E-state index contributed by atoms with van der Waals surface area (Å²) >= 11 is 0. The summed E-state index contributed by atoms with van der Waals surface area (Å²) in [6.07, 6.45) is 3.18. The Kier molecular flexibility index (Phi) is 3.87. The maximum atomic E-state index is 12.3. The predicted molar refractivity (Wildman–Crippen MR) is 67.1 cm³/mol. The van der Waals surface area contributed by atoms with Gasteiger partial charge in [-0.05, 0) is 25.0 Å². The van der Waals surface area contributed by atoms with E-state index in [0.29, 0.717) is 29.2 Å². The monoisotopic (exact) mass is 248 g/mol. The van der Waals surface area contributed by atoms with E-state index >= 15 is 0 Å². The van der Waals surface area contributed by atoms with Crippen molar-refractivity contribution in [2.75, 3.05) is 20.8 Å². The molecule has 0 aromatic heterocycles. The molecule has 0 saturated heterocycles. The van der Waals surface area contributed by atoms with Gasteiger partial charge in [-0.1, -0.05) is 0 Å². The second kappa shape index (κ2) is 5.58. The van der Waals surface area contributed by atoms with Crippen molar-refractivity contribution in [3.05, 3.63) is 35.6 Å². The number of Topliss-reactive ketones (excluding diaryl/α,β-unsaturated/α-hetero) is 1. The van der Waals surface area contributed by atoms with Gasteiger partial charge in [-0.3, -0.25) is 4.79 Å². The van der Waals surface area contributed by atoms with Crippen LogP contribution in [0.25, 0.3) is 0 Å². The van der Waals surface area contributed by atoms with E-state index in [1.807, 2.05) is 0 Å². The molecule has 18 heavy (non-hydrogen) atoms. The lowest BCUT2D eigenvalue weighted by Crippen LogP contribution is -2.09. The van der Waals surface area contributed by atoms with Crippen LogP contribution >= 0.6 is 0 Å². The number of hydrogen-bond acceptors (Lipinski definition) is 4. The average molecular weight is 248 g/mol. The lowest BCUT2D eigenvalue weighted by Gasteiger charge is -2.13. The molecule has 2 rings (SSSR count). The first-order valence-electron chi connectivity index (χ1n) is 5.83. The van der Waals surface area contributed by atoms with E-state index in [-0.39, 0.29) is 5.78 Å². The lowest BCUT2D eigenvalue weighted by molar-refractivity contribution is 0.101. The van der Waals surface area contributed by atoms with E-state index < -0.39 is 0 Å². The Balaban J connectivity index is 2.31. The highest BCUT2D eigenvalue weighted by atomic mass is 16.5. The molecule has 0 radical (unpaired) electrons. The van der Waals surface area contributed by atoms with Crippen LogP contribution in [0.5, 0.6) is 11.5 Å². The Morgan fingerprint density at radius 3 is 2.33 bits per heavy atom. The smallest absolute Gasteiger partial charge is 0.192 e. The fourth-order valence-electron chi connectivity index (χ4n) is 1.86. The van der Waals surface area contributed by atoms with E-state index in [0.717, 1.165) is 12.8 Å². The molecule has 1 aromatic rings. The van der Waals surface area contributed by atoms with Gasteiger partial charge in [-0.25, -0.2) is 0 Å². The van der Waals surface area contributed by atoms with Gasteiger partial charge >= 0.3 is 0 Å². The fourth-order valence-corrected chi connectivity index (χ4v) is 1.86. The third-order valence-electron chi connectivity index (χ3n) is 2.84. The normalized spacial score (nSPS) is 14.4. The summed E-state index contributed by atoms with van der Waals surface area (Å²) in [4.78, 5) is 12.3. The molecule has 0 aliphatic carbocycles. The van der Waals surface area contributed by atoms with Crippen molar-refractivity contribution in [1.82, 2.24) is 0 Å². The molecule has 1 aliphatic heterocycles. The van der Waals surface area contributed by atoms with Crippen molar-refractivity contribution >= 4 is 5.78 Å². The van der Waals surface area contributed by atoms with E-state index in [1.54, 1.807) is 38.7 Å². The lowest BCUT2D eigenvalue weighted by atomic mass is 9.99. The van der Waals surface area contributed by atoms with Gasteiger partial charge in [0.25, 0.3) is 0 Å². The fraction of sp³-hybridized carbons (Fsp3) is 0.357. The van der Waals surface area contributed by atoms with Crippen LogP contribution in [0.2, 0.25) is 0 Å². The molecular formula is C14H16O4. The topological polar surface area (TPSA) is 44.8 Å². The number of benzene rings is 1. The minimum Gasteiger partial charge on any atom is -0.501 e. The maximum absolute atomic E-state index is 12.3. The van der Waals surface area contributed by atoms with Crippen LogP contribution in [0.3, 0.4) is 0 Å². The Morgan fingerprint density at radius 1 is 1.17 bits per heavy atom. The number of carbonyl (C=O) groups excluding carboxylic acids is 1. The van der Waals surface area contributed by atoms with Gasteiger partial charge in [0.2, 0.25) is 0 Å². The zero-order chi connectivity index (χ0) is 13.0. The largest absolute Gasteiger partial charge is 0.501 e. The van der Waals surface area contributed by atoms with Gasteiger partial charge in [0, 0.05) is 17.2 Å². The molecule has 4 heteroatoms. The Hall–Kier alpha value is -1.97. The number of allylic oxidation sites excluding steroid dienone is 1. The van der Waals surface area contributed by atoms with Gasteiger partial charge in [-0.2, -0.15) is 0 Å². The second-order valence-corrected chi connectivity index (χ2v) is 4.05. The van der Waals surface area contributed by atoms with Crippen LogP contribution in [0.4, 0.5) is 0 Å². The highest BCUT2D eigenvalue weighted by molar-refractivity contribution is 6.09. The standard InChI is InChI=1S/C14H16O4/c1-16-12-6-11(7-13(8-12)17-2)14(15)10-4-3-5-18-9-10/h6-9H,3-5H2,1-2H3. The summed E-state index contributed by atoms with van der Waals surface area (Å²) in [6.45, 7) is 0.679. The highest BCUT2D eigenvalue weighted by Crippen LogP contribution is 2.25. The van der Waals surface area contributed by atoms with Gasteiger partial charge < -0.3 is 14.2 Å². The first-order valence-corrected chi connectivity index (χ1v) is 5.83. The third-order valence-corrected chi connectivity index (χ3v) is 2.84. The quantitative estimate of drug-likeness (QED) is 0.768. The maximum Gasteiger partial charge on any atom is 0.192 e. The molecule has 1 aliphatic rings. The molecule has 0 atom stereocenters. The number of hydrogen-bond donors (Lipinski definition) is 0. The number of ketones is 1. The minimum absolute atomic E-state index is 0.0353. The van der Waals surface area contributed by atoms with E-state index in [1.165, 1.54) is 0 Å². The van der Waals surface area contributed by atoms with E-state index in [2.05, 4.69) is 0 Å². The third kappa shape index (κ3) is 2.64. The number of carbonyl (C=O) groups is 1. The molecular weight excluding hydrogens is 232 g/mol. The molecule has 0 amide bonds. The summed E-state index contributed by atoms with van der Waals surface area (Å²) in [7, 11) is 3.12. The average Bonchev–Trinajstić information content (AvgIpc) is 2.46. The Labute approximate surface area is 106 Å². The van der Waals surface area contributed by atoms with Crippen LogP contribution in [0.1, 0.15) is 23.2 Å². The van der Waals surface area contributed by atoms with Crippen molar-refractivity contribution < 1.29 is 19.0 Å². The summed E-state index contributed by atoms with van der Waals surface area (Å²) in [5.41, 5.74) is 1.25. The molecule has 0 bridgehead atoms. The highest BCUT2D eigenvalue weighted by Gasteiger charge is 2.17. The molecule has 1 heterocycles. The molecule has 0 fully saturated rings.